The molecule has 2 aromatic rings. The quantitative estimate of drug-likeness (QED) is 0.118. The van der Waals surface area contributed by atoms with Gasteiger partial charge in [0.05, 0.1) is 25.1 Å². The number of imidazole rings is 2. The number of nitrogens with one attached hydrogen (secondary N) is 5. The normalized spacial score (nSPS) is 14.2. The van der Waals surface area contributed by atoms with E-state index in [0.717, 1.165) is 0 Å². The van der Waals surface area contributed by atoms with E-state index in [2.05, 4.69) is 48.5 Å². The van der Waals surface area contributed by atoms with Crippen LogP contribution >= 0.6 is 12.6 Å². The first-order valence-corrected chi connectivity index (χ1v) is 10.9. The van der Waals surface area contributed by atoms with Gasteiger partial charge in [-0.25, -0.2) is 14.8 Å². The Morgan fingerprint density at radius 3 is 1.80 bits per heavy atom. The van der Waals surface area contributed by atoms with Gasteiger partial charge >= 0.3 is 11.9 Å². The third kappa shape index (κ3) is 8.74. The molecule has 35 heavy (non-hydrogen) atoms. The topological polar surface area (TPSA) is 245 Å². The Labute approximate surface area is 204 Å². The Hall–Kier alpha value is -3.92. The van der Waals surface area contributed by atoms with Crippen LogP contribution in [0.4, 0.5) is 0 Å². The second kappa shape index (κ2) is 13.1. The summed E-state index contributed by atoms with van der Waals surface area (Å²) in [6.07, 6.45) is 4.48. The molecule has 2 rings (SSSR count). The molecule has 0 radical (unpaired) electrons. The number of carboxylic acid groups (broad SMARTS) is 2. The Morgan fingerprint density at radius 1 is 0.857 bits per heavy atom. The van der Waals surface area contributed by atoms with Gasteiger partial charge in [-0.3, -0.25) is 19.2 Å². The van der Waals surface area contributed by atoms with Crippen molar-refractivity contribution < 1.29 is 34.2 Å². The van der Waals surface area contributed by atoms with Crippen LogP contribution in [0.25, 0.3) is 0 Å². The lowest BCUT2D eigenvalue weighted by atomic mass is 10.1. The molecule has 2 heterocycles. The van der Waals surface area contributed by atoms with Gasteiger partial charge in [0, 0.05) is 42.4 Å². The van der Waals surface area contributed by atoms with Crippen LogP contribution in [0.5, 0.6) is 0 Å². The van der Waals surface area contributed by atoms with Gasteiger partial charge in [-0.15, -0.1) is 0 Å². The van der Waals surface area contributed by atoms with Crippen LogP contribution in [-0.2, 0) is 36.8 Å². The zero-order valence-corrected chi connectivity index (χ0v) is 19.2. The summed E-state index contributed by atoms with van der Waals surface area (Å²) in [5.41, 5.74) is 6.46. The maximum atomic E-state index is 13.0. The predicted molar refractivity (Wildman–Crippen MR) is 122 cm³/mol. The molecule has 0 bridgehead atoms. The average Bonchev–Trinajstić information content (AvgIpc) is 3.50. The van der Waals surface area contributed by atoms with Gasteiger partial charge in [0.25, 0.3) is 0 Å². The molecule has 0 aliphatic carbocycles. The van der Waals surface area contributed by atoms with E-state index in [9.17, 15) is 29.1 Å². The number of H-pyrrole nitrogens is 2. The molecule has 0 aliphatic heterocycles. The molecular weight excluding hydrogens is 484 g/mol. The van der Waals surface area contributed by atoms with Gasteiger partial charge in [-0.1, -0.05) is 0 Å². The first kappa shape index (κ1) is 27.3. The predicted octanol–water partition coefficient (Wildman–Crippen LogP) is -2.81. The van der Waals surface area contributed by atoms with Gasteiger partial charge in [0.15, 0.2) is 0 Å². The second-order valence-electron chi connectivity index (χ2n) is 7.47. The molecule has 190 valence electrons. The van der Waals surface area contributed by atoms with Gasteiger partial charge in [-0.2, -0.15) is 12.6 Å². The minimum Gasteiger partial charge on any atom is -0.481 e. The van der Waals surface area contributed by atoms with Crippen LogP contribution in [0, 0.1) is 0 Å². The molecule has 0 aromatic carbocycles. The van der Waals surface area contributed by atoms with Crippen LogP contribution in [0.15, 0.2) is 25.0 Å². The Kier molecular flexibility index (Phi) is 10.2. The largest absolute Gasteiger partial charge is 0.481 e. The fraction of sp³-hybridized carbons (Fsp3) is 0.421. The van der Waals surface area contributed by atoms with Crippen molar-refractivity contribution in [1.29, 1.82) is 0 Å². The summed E-state index contributed by atoms with van der Waals surface area (Å²) in [6, 6.07) is -5.33. The molecule has 4 unspecified atom stereocenters. The summed E-state index contributed by atoms with van der Waals surface area (Å²) in [7, 11) is 0. The summed E-state index contributed by atoms with van der Waals surface area (Å²) in [6.45, 7) is 0. The molecule has 9 N–H and O–H groups in total. The van der Waals surface area contributed by atoms with Crippen molar-refractivity contribution in [2.45, 2.75) is 43.4 Å². The third-order valence-electron chi connectivity index (χ3n) is 4.75. The highest BCUT2D eigenvalue weighted by Crippen LogP contribution is 2.05. The average molecular weight is 511 g/mol. The second-order valence-corrected chi connectivity index (χ2v) is 7.84. The lowest BCUT2D eigenvalue weighted by Crippen LogP contribution is -2.58. The van der Waals surface area contributed by atoms with Gasteiger partial charge < -0.3 is 41.9 Å². The van der Waals surface area contributed by atoms with Gasteiger partial charge in [0.1, 0.15) is 18.1 Å². The van der Waals surface area contributed by atoms with Crippen molar-refractivity contribution in [3.8, 4) is 0 Å². The van der Waals surface area contributed by atoms with Gasteiger partial charge in [-0.05, 0) is 0 Å². The lowest BCUT2D eigenvalue weighted by Gasteiger charge is -2.24. The first-order chi connectivity index (χ1) is 16.6. The van der Waals surface area contributed by atoms with E-state index < -0.39 is 60.2 Å². The molecule has 15 nitrogen and oxygen atoms in total. The molecule has 0 spiro atoms. The number of hydrogen-bond acceptors (Lipinski definition) is 9. The number of hydrogen-bond donors (Lipinski definition) is 9. The smallest absolute Gasteiger partial charge is 0.326 e. The van der Waals surface area contributed by atoms with Crippen molar-refractivity contribution in [2.24, 2.45) is 5.73 Å². The van der Waals surface area contributed by atoms with Crippen molar-refractivity contribution in [1.82, 2.24) is 35.9 Å². The van der Waals surface area contributed by atoms with Crippen molar-refractivity contribution in [3.63, 3.8) is 0 Å². The summed E-state index contributed by atoms with van der Waals surface area (Å²) in [5, 5.41) is 25.6. The summed E-state index contributed by atoms with van der Waals surface area (Å²) in [4.78, 5) is 74.0. The highest BCUT2D eigenvalue weighted by molar-refractivity contribution is 7.80. The van der Waals surface area contributed by atoms with Crippen molar-refractivity contribution >= 4 is 42.3 Å². The van der Waals surface area contributed by atoms with E-state index in [0.29, 0.717) is 11.4 Å². The molecule has 4 atom stereocenters. The number of carboxylic acids is 2. The molecule has 0 saturated carbocycles. The number of thiol groups is 1. The Bertz CT molecular complexity index is 1010. The van der Waals surface area contributed by atoms with E-state index in [1.807, 2.05) is 0 Å². The highest BCUT2D eigenvalue weighted by Gasteiger charge is 2.32. The molecule has 2 aromatic heterocycles. The lowest BCUT2D eigenvalue weighted by molar-refractivity contribution is -0.143. The Balaban J connectivity index is 2.20. The third-order valence-corrected chi connectivity index (χ3v) is 5.14. The summed E-state index contributed by atoms with van der Waals surface area (Å²) in [5.74, 6) is -5.40. The van der Waals surface area contributed by atoms with E-state index >= 15 is 0 Å². The molecule has 0 saturated heterocycles. The maximum Gasteiger partial charge on any atom is 0.326 e. The molecule has 0 fully saturated rings. The number of amides is 3. The fourth-order valence-corrected chi connectivity index (χ4v) is 3.10. The molecule has 16 heteroatoms. The van der Waals surface area contributed by atoms with E-state index in [4.69, 9.17) is 10.8 Å². The van der Waals surface area contributed by atoms with Crippen LogP contribution in [0.1, 0.15) is 17.8 Å². The SMILES string of the molecule is NC(CS)C(=O)NC(CC(=O)O)C(=O)NC(Cc1cnc[nH]1)C(=O)NC(Cc1cnc[nH]1)C(=O)O. The number of aromatic amines is 2. The summed E-state index contributed by atoms with van der Waals surface area (Å²) >= 11 is 3.89. The highest BCUT2D eigenvalue weighted by atomic mass is 32.1. The zero-order chi connectivity index (χ0) is 26.0. The number of carbonyl (C=O) groups excluding carboxylic acids is 3. The summed E-state index contributed by atoms with van der Waals surface area (Å²) < 4.78 is 0. The van der Waals surface area contributed by atoms with E-state index in [-0.39, 0.29) is 18.6 Å². The fourth-order valence-electron chi connectivity index (χ4n) is 2.93. The van der Waals surface area contributed by atoms with Crippen LogP contribution in [0.3, 0.4) is 0 Å². The zero-order valence-electron chi connectivity index (χ0n) is 18.3. The number of rotatable bonds is 14. The van der Waals surface area contributed by atoms with Crippen LogP contribution in [0.2, 0.25) is 0 Å². The maximum absolute atomic E-state index is 13.0. The number of nitrogens with zero attached hydrogens (tertiary/aromatic N) is 2. The Morgan fingerprint density at radius 2 is 1.34 bits per heavy atom. The van der Waals surface area contributed by atoms with E-state index in [1.54, 1.807) is 0 Å². The number of carbonyl (C=O) groups is 5. The van der Waals surface area contributed by atoms with Crippen LogP contribution in [-0.4, -0.2) is 89.7 Å². The van der Waals surface area contributed by atoms with Crippen LogP contribution < -0.4 is 21.7 Å². The molecule has 3 amide bonds. The first-order valence-electron chi connectivity index (χ1n) is 10.3. The van der Waals surface area contributed by atoms with E-state index in [1.165, 1.54) is 25.0 Å². The standard InChI is InChI=1S/C19H26N8O7S/c20-11(6-35)16(30)25-13(3-15(28)29)18(32)26-12(1-9-4-21-7-23-9)17(31)27-14(19(33)34)2-10-5-22-8-24-10/h4-5,7-8,11-14,35H,1-3,6,20H2,(H,21,23)(H,22,24)(H,25,30)(H,26,32)(H,27,31)(H,28,29)(H,33,34). The van der Waals surface area contributed by atoms with Crippen molar-refractivity contribution in [2.75, 3.05) is 5.75 Å². The number of aliphatic carboxylic acids is 2. The van der Waals surface area contributed by atoms with Crippen molar-refractivity contribution in [3.05, 3.63) is 36.4 Å². The molecular formula is C19H26N8O7S. The molecule has 0 aliphatic rings. The number of aromatic nitrogens is 4. The number of nitrogens with two attached hydrogens (primary N) is 1. The minimum absolute atomic E-state index is 0.0506. The minimum atomic E-state index is -1.55. The monoisotopic (exact) mass is 510 g/mol. The van der Waals surface area contributed by atoms with Gasteiger partial charge in [0.2, 0.25) is 17.7 Å².